The lowest BCUT2D eigenvalue weighted by atomic mass is 10.0. The SMILES string of the molecule is C[C@H]1[C@@H]2N(C(=O)NCc3ccc(Cl)cc3)OCC(=O)N2[C@@H](C)C(=O)N1Cc1cccc2cccnc12. The van der Waals surface area contributed by atoms with Crippen molar-refractivity contribution in [3.8, 4) is 0 Å². The van der Waals surface area contributed by atoms with Crippen molar-refractivity contribution in [2.75, 3.05) is 6.61 Å². The van der Waals surface area contributed by atoms with E-state index >= 15 is 0 Å². The summed E-state index contributed by atoms with van der Waals surface area (Å²) in [6, 6.07) is 15.0. The van der Waals surface area contributed by atoms with E-state index in [2.05, 4.69) is 10.3 Å². The Morgan fingerprint density at radius 2 is 1.86 bits per heavy atom. The largest absolute Gasteiger partial charge is 0.343 e. The third kappa shape index (κ3) is 4.36. The molecule has 2 saturated heterocycles. The molecule has 0 bridgehead atoms. The molecule has 9 nitrogen and oxygen atoms in total. The quantitative estimate of drug-likeness (QED) is 0.584. The standard InChI is InChI=1S/C26H26ClN5O4/c1-16-24-31(22(33)15-36-32(24)26(35)29-13-18-8-10-21(27)11-9-18)17(2)25(34)30(16)14-20-6-3-5-19-7-4-12-28-23(19)20/h3-12,16-17,24H,13-15H2,1-2H3,(H,29,35)/t16-,17-,24-/m0/s1. The summed E-state index contributed by atoms with van der Waals surface area (Å²) in [5.41, 5.74) is 2.56. The zero-order chi connectivity index (χ0) is 25.4. The number of para-hydroxylation sites is 1. The maximum absolute atomic E-state index is 13.4. The lowest BCUT2D eigenvalue weighted by Gasteiger charge is -2.53. The molecule has 4 amide bonds. The van der Waals surface area contributed by atoms with Gasteiger partial charge in [-0.2, -0.15) is 5.06 Å². The molecule has 10 heteroatoms. The van der Waals surface area contributed by atoms with Gasteiger partial charge in [0.05, 0.1) is 11.6 Å². The first-order valence-corrected chi connectivity index (χ1v) is 12.1. The molecule has 36 heavy (non-hydrogen) atoms. The van der Waals surface area contributed by atoms with Crippen LogP contribution in [0.25, 0.3) is 10.9 Å². The molecule has 0 unspecified atom stereocenters. The van der Waals surface area contributed by atoms with E-state index in [9.17, 15) is 14.4 Å². The number of piperazine rings is 1. The second-order valence-corrected chi connectivity index (χ2v) is 9.41. The smallest absolute Gasteiger partial charge is 0.332 e. The van der Waals surface area contributed by atoms with Crippen LogP contribution in [-0.4, -0.2) is 62.5 Å². The highest BCUT2D eigenvalue weighted by atomic mass is 35.5. The van der Waals surface area contributed by atoms with Crippen molar-refractivity contribution in [3.05, 3.63) is 76.9 Å². The summed E-state index contributed by atoms with van der Waals surface area (Å²) in [5, 5.41) is 5.60. The Balaban J connectivity index is 1.40. The molecule has 2 fully saturated rings. The number of rotatable bonds is 4. The van der Waals surface area contributed by atoms with Crippen LogP contribution in [0.2, 0.25) is 5.02 Å². The molecular weight excluding hydrogens is 482 g/mol. The minimum atomic E-state index is -0.785. The van der Waals surface area contributed by atoms with E-state index in [-0.39, 0.29) is 31.5 Å². The molecule has 0 saturated carbocycles. The second-order valence-electron chi connectivity index (χ2n) is 8.97. The van der Waals surface area contributed by atoms with Crippen molar-refractivity contribution in [3.63, 3.8) is 0 Å². The number of aromatic nitrogens is 1. The number of fused-ring (bicyclic) bond motifs is 2. The first kappa shape index (κ1) is 24.0. The van der Waals surface area contributed by atoms with Gasteiger partial charge in [-0.1, -0.05) is 48.0 Å². The fourth-order valence-electron chi connectivity index (χ4n) is 4.87. The third-order valence-corrected chi connectivity index (χ3v) is 6.99. The van der Waals surface area contributed by atoms with Crippen molar-refractivity contribution in [2.24, 2.45) is 0 Å². The number of hydrogen-bond donors (Lipinski definition) is 1. The lowest BCUT2D eigenvalue weighted by Crippen LogP contribution is -2.74. The van der Waals surface area contributed by atoms with Crippen LogP contribution in [0.3, 0.4) is 0 Å². The van der Waals surface area contributed by atoms with E-state index in [4.69, 9.17) is 16.4 Å². The number of halogens is 1. The lowest BCUT2D eigenvalue weighted by molar-refractivity contribution is -0.244. The number of carbonyl (C=O) groups is 3. The Kier molecular flexibility index (Phi) is 6.51. The molecule has 1 aromatic heterocycles. The maximum Gasteiger partial charge on any atom is 0.343 e. The van der Waals surface area contributed by atoms with E-state index in [1.807, 2.05) is 49.4 Å². The van der Waals surface area contributed by atoms with Crippen LogP contribution in [0.1, 0.15) is 25.0 Å². The highest BCUT2D eigenvalue weighted by molar-refractivity contribution is 6.30. The van der Waals surface area contributed by atoms with Crippen LogP contribution in [0.15, 0.2) is 60.8 Å². The Morgan fingerprint density at radius 3 is 2.64 bits per heavy atom. The Hall–Kier alpha value is -3.69. The summed E-state index contributed by atoms with van der Waals surface area (Å²) in [5.74, 6) is -0.524. The number of urea groups is 1. The van der Waals surface area contributed by atoms with Crippen LogP contribution in [0.4, 0.5) is 4.79 Å². The summed E-state index contributed by atoms with van der Waals surface area (Å²) >= 11 is 5.94. The first-order valence-electron chi connectivity index (χ1n) is 11.7. The van der Waals surface area contributed by atoms with Gasteiger partial charge in [0.1, 0.15) is 6.04 Å². The topological polar surface area (TPSA) is 95.1 Å². The van der Waals surface area contributed by atoms with Gasteiger partial charge in [0.15, 0.2) is 12.8 Å². The normalized spacial score (nSPS) is 22.1. The van der Waals surface area contributed by atoms with Crippen LogP contribution in [0.5, 0.6) is 0 Å². The zero-order valence-corrected chi connectivity index (χ0v) is 20.7. The number of amides is 4. The van der Waals surface area contributed by atoms with Crippen LogP contribution < -0.4 is 5.32 Å². The second kappa shape index (κ2) is 9.75. The molecule has 2 aromatic carbocycles. The molecular formula is C26H26ClN5O4. The summed E-state index contributed by atoms with van der Waals surface area (Å²) < 4.78 is 0. The number of benzene rings is 2. The number of hydroxylamine groups is 2. The molecule has 0 radical (unpaired) electrons. The molecule has 3 heterocycles. The highest BCUT2D eigenvalue weighted by Gasteiger charge is 2.52. The van der Waals surface area contributed by atoms with Crippen molar-refractivity contribution < 1.29 is 19.2 Å². The van der Waals surface area contributed by atoms with Crippen LogP contribution in [0, 0.1) is 0 Å². The highest BCUT2D eigenvalue weighted by Crippen LogP contribution is 2.31. The molecule has 3 atom stereocenters. The van der Waals surface area contributed by atoms with Gasteiger partial charge in [0.2, 0.25) is 5.91 Å². The summed E-state index contributed by atoms with van der Waals surface area (Å²) in [6.07, 6.45) is 0.935. The van der Waals surface area contributed by atoms with Crippen molar-refractivity contribution >= 4 is 40.3 Å². The fraction of sp³-hybridized carbons (Fsp3) is 0.308. The Morgan fingerprint density at radius 1 is 1.11 bits per heavy atom. The molecule has 2 aliphatic heterocycles. The molecule has 3 aromatic rings. The molecule has 2 aliphatic rings. The van der Waals surface area contributed by atoms with Crippen molar-refractivity contribution in [2.45, 2.75) is 45.2 Å². The van der Waals surface area contributed by atoms with E-state index in [1.54, 1.807) is 30.2 Å². The number of nitrogens with zero attached hydrogens (tertiary/aromatic N) is 4. The van der Waals surface area contributed by atoms with E-state index in [0.29, 0.717) is 5.02 Å². The predicted molar refractivity (Wildman–Crippen MR) is 133 cm³/mol. The van der Waals surface area contributed by atoms with Gasteiger partial charge in [-0.15, -0.1) is 0 Å². The van der Waals surface area contributed by atoms with Crippen molar-refractivity contribution in [1.29, 1.82) is 0 Å². The van der Waals surface area contributed by atoms with Gasteiger partial charge in [-0.25, -0.2) is 4.79 Å². The Bertz CT molecular complexity index is 1310. The van der Waals surface area contributed by atoms with Crippen LogP contribution >= 0.6 is 11.6 Å². The van der Waals surface area contributed by atoms with Gasteiger partial charge in [-0.3, -0.25) is 19.4 Å². The maximum atomic E-state index is 13.4. The summed E-state index contributed by atoms with van der Waals surface area (Å²) in [6.45, 7) is 3.73. The molecule has 0 aliphatic carbocycles. The van der Waals surface area contributed by atoms with Gasteiger partial charge < -0.3 is 15.1 Å². The molecule has 1 N–H and O–H groups in total. The number of hydrogen-bond acceptors (Lipinski definition) is 5. The number of nitrogens with one attached hydrogen (secondary N) is 1. The van der Waals surface area contributed by atoms with Gasteiger partial charge in [0, 0.05) is 29.7 Å². The molecule has 5 rings (SSSR count). The molecule has 186 valence electrons. The number of pyridine rings is 1. The van der Waals surface area contributed by atoms with Gasteiger partial charge in [0.25, 0.3) is 5.91 Å². The van der Waals surface area contributed by atoms with Gasteiger partial charge >= 0.3 is 6.03 Å². The fourth-order valence-corrected chi connectivity index (χ4v) is 4.99. The monoisotopic (exact) mass is 507 g/mol. The predicted octanol–water partition coefficient (Wildman–Crippen LogP) is 3.32. The minimum Gasteiger partial charge on any atom is -0.332 e. The van der Waals surface area contributed by atoms with E-state index in [0.717, 1.165) is 22.0 Å². The van der Waals surface area contributed by atoms with Gasteiger partial charge in [-0.05, 0) is 43.2 Å². The summed E-state index contributed by atoms with van der Waals surface area (Å²) in [4.78, 5) is 52.7. The van der Waals surface area contributed by atoms with Crippen LogP contribution in [-0.2, 0) is 27.5 Å². The zero-order valence-electron chi connectivity index (χ0n) is 19.9. The van der Waals surface area contributed by atoms with Crippen molar-refractivity contribution in [1.82, 2.24) is 25.2 Å². The Labute approximate surface area is 213 Å². The average Bonchev–Trinajstić information content (AvgIpc) is 2.89. The minimum absolute atomic E-state index is 0.191. The van der Waals surface area contributed by atoms with E-state index in [1.165, 1.54) is 9.96 Å². The third-order valence-electron chi connectivity index (χ3n) is 6.74. The molecule has 0 spiro atoms. The number of carbonyl (C=O) groups excluding carboxylic acids is 3. The first-order chi connectivity index (χ1) is 17.3. The summed E-state index contributed by atoms with van der Waals surface area (Å²) in [7, 11) is 0. The average molecular weight is 508 g/mol. The van der Waals surface area contributed by atoms with E-state index < -0.39 is 24.3 Å².